The van der Waals surface area contributed by atoms with Crippen LogP contribution in [0.5, 0.6) is 0 Å². The van der Waals surface area contributed by atoms with Gasteiger partial charge in [0.15, 0.2) is 6.61 Å². The molecule has 0 aromatic carbocycles. The van der Waals surface area contributed by atoms with Gasteiger partial charge in [0, 0.05) is 10.4 Å². The summed E-state index contributed by atoms with van der Waals surface area (Å²) in [6.45, 7) is 7.91. The van der Waals surface area contributed by atoms with Gasteiger partial charge >= 0.3 is 5.97 Å². The molecule has 4 nitrogen and oxygen atoms in total. The number of hydrogen-bond acceptors (Lipinski definition) is 4. The third kappa shape index (κ3) is 4.32. The number of hydrogen-bond donors (Lipinski definition) is 1. The number of amides is 1. The number of carbonyl (C=O) groups excluding carboxylic acids is 2. The number of esters is 1. The Bertz CT molecular complexity index is 562. The van der Waals surface area contributed by atoms with Crippen molar-refractivity contribution in [2.24, 2.45) is 5.92 Å². The van der Waals surface area contributed by atoms with Crippen LogP contribution < -0.4 is 5.32 Å². The van der Waals surface area contributed by atoms with Crippen molar-refractivity contribution < 1.29 is 14.3 Å². The molecule has 0 saturated heterocycles. The van der Waals surface area contributed by atoms with Gasteiger partial charge in [-0.15, -0.1) is 11.3 Å². The quantitative estimate of drug-likeness (QED) is 0.846. The summed E-state index contributed by atoms with van der Waals surface area (Å²) in [5, 5.41) is 2.85. The summed E-state index contributed by atoms with van der Waals surface area (Å²) in [4.78, 5) is 25.8. The number of nitrogens with one attached hydrogen (secondary N) is 1. The average molecular weight is 323 g/mol. The van der Waals surface area contributed by atoms with Crippen LogP contribution in [-0.4, -0.2) is 24.0 Å². The van der Waals surface area contributed by atoms with Crippen LogP contribution in [0.1, 0.15) is 60.6 Å². The molecule has 1 amide bonds. The second kappa shape index (κ2) is 6.82. The average Bonchev–Trinajstić information content (AvgIpc) is 2.87. The zero-order chi connectivity index (χ0) is 16.3. The molecule has 1 heterocycles. The first-order valence-electron chi connectivity index (χ1n) is 7.90. The van der Waals surface area contributed by atoms with Gasteiger partial charge in [-0.05, 0) is 57.1 Å². The summed E-state index contributed by atoms with van der Waals surface area (Å²) in [6.07, 6.45) is 4.07. The van der Waals surface area contributed by atoms with Crippen LogP contribution >= 0.6 is 11.3 Å². The van der Waals surface area contributed by atoms with Crippen molar-refractivity contribution >= 4 is 23.2 Å². The zero-order valence-electron chi connectivity index (χ0n) is 13.8. The molecule has 1 N–H and O–H groups in total. The van der Waals surface area contributed by atoms with Crippen LogP contribution in [0.2, 0.25) is 0 Å². The van der Waals surface area contributed by atoms with Gasteiger partial charge in [0.2, 0.25) is 0 Å². The third-order valence-corrected chi connectivity index (χ3v) is 5.44. The van der Waals surface area contributed by atoms with Crippen LogP contribution in [0, 0.1) is 5.92 Å². The van der Waals surface area contributed by atoms with Gasteiger partial charge in [-0.25, -0.2) is 4.79 Å². The van der Waals surface area contributed by atoms with Crippen molar-refractivity contribution in [3.63, 3.8) is 0 Å². The first kappa shape index (κ1) is 17.0. The molecule has 1 aliphatic rings. The molecular formula is C17H25NO3S. The molecule has 1 aliphatic carbocycles. The fraction of sp³-hybridized carbons (Fsp3) is 0.647. The molecule has 0 spiro atoms. The predicted octanol–water partition coefficient (Wildman–Crippen LogP) is 3.33. The minimum Gasteiger partial charge on any atom is -0.451 e. The Hall–Kier alpha value is -1.36. The standard InChI is InChI=1S/C17H25NO3S/c1-5-17(3,4)18-15(19)10-21-16(20)14-9-12-8-11(2)6-7-13(12)22-14/h9,11H,5-8,10H2,1-4H3,(H,18,19)/t11-/m0/s1. The fourth-order valence-corrected chi connectivity index (χ4v) is 3.61. The SMILES string of the molecule is CCC(C)(C)NC(=O)COC(=O)c1cc2c(s1)CC[C@H](C)C2. The summed E-state index contributed by atoms with van der Waals surface area (Å²) in [7, 11) is 0. The topological polar surface area (TPSA) is 55.4 Å². The van der Waals surface area contributed by atoms with E-state index in [1.54, 1.807) is 0 Å². The van der Waals surface area contributed by atoms with Gasteiger partial charge in [0.1, 0.15) is 4.88 Å². The maximum Gasteiger partial charge on any atom is 0.348 e. The van der Waals surface area contributed by atoms with Crippen LogP contribution in [-0.2, 0) is 22.4 Å². The lowest BCUT2D eigenvalue weighted by atomic mass is 9.90. The molecule has 0 radical (unpaired) electrons. The van der Waals surface area contributed by atoms with E-state index >= 15 is 0 Å². The Morgan fingerprint density at radius 1 is 1.45 bits per heavy atom. The van der Waals surface area contributed by atoms with Crippen LogP contribution in [0.25, 0.3) is 0 Å². The van der Waals surface area contributed by atoms with Crippen LogP contribution in [0.15, 0.2) is 6.07 Å². The van der Waals surface area contributed by atoms with Gasteiger partial charge in [0.05, 0.1) is 0 Å². The lowest BCUT2D eigenvalue weighted by Gasteiger charge is -2.24. The van der Waals surface area contributed by atoms with E-state index in [2.05, 4.69) is 12.2 Å². The molecule has 0 unspecified atom stereocenters. The summed E-state index contributed by atoms with van der Waals surface area (Å²) < 4.78 is 5.14. The van der Waals surface area contributed by atoms with Gasteiger partial charge in [-0.3, -0.25) is 4.79 Å². The predicted molar refractivity (Wildman–Crippen MR) is 88.3 cm³/mol. The van der Waals surface area contributed by atoms with Crippen molar-refractivity contribution in [2.75, 3.05) is 6.61 Å². The highest BCUT2D eigenvalue weighted by atomic mass is 32.1. The smallest absolute Gasteiger partial charge is 0.348 e. The van der Waals surface area contributed by atoms with E-state index in [0.717, 1.165) is 19.3 Å². The monoisotopic (exact) mass is 323 g/mol. The molecule has 0 bridgehead atoms. The molecule has 0 saturated carbocycles. The van der Waals surface area contributed by atoms with Crippen molar-refractivity contribution in [1.82, 2.24) is 5.32 Å². The molecule has 1 aromatic heterocycles. The Morgan fingerprint density at radius 3 is 2.86 bits per heavy atom. The minimum atomic E-state index is -0.392. The van der Waals surface area contributed by atoms with E-state index in [-0.39, 0.29) is 18.1 Å². The molecule has 5 heteroatoms. The molecular weight excluding hydrogens is 298 g/mol. The summed E-state index contributed by atoms with van der Waals surface area (Å²) in [5.74, 6) is 0.0275. The van der Waals surface area contributed by atoms with Crippen LogP contribution in [0.3, 0.4) is 0 Å². The highest BCUT2D eigenvalue weighted by molar-refractivity contribution is 7.14. The lowest BCUT2D eigenvalue weighted by molar-refractivity contribution is -0.125. The lowest BCUT2D eigenvalue weighted by Crippen LogP contribution is -2.44. The van der Waals surface area contributed by atoms with Gasteiger partial charge in [-0.1, -0.05) is 13.8 Å². The number of carbonyl (C=O) groups is 2. The van der Waals surface area contributed by atoms with E-state index in [9.17, 15) is 9.59 Å². The van der Waals surface area contributed by atoms with Gasteiger partial charge < -0.3 is 10.1 Å². The van der Waals surface area contributed by atoms with Crippen LogP contribution in [0.4, 0.5) is 0 Å². The molecule has 1 aromatic rings. The maximum atomic E-state index is 12.1. The molecule has 22 heavy (non-hydrogen) atoms. The number of thiophene rings is 1. The highest BCUT2D eigenvalue weighted by Gasteiger charge is 2.23. The molecule has 2 rings (SSSR count). The molecule has 1 atom stereocenters. The Balaban J connectivity index is 1.89. The van der Waals surface area contributed by atoms with Gasteiger partial charge in [0.25, 0.3) is 5.91 Å². The normalized spacial score (nSPS) is 17.7. The van der Waals surface area contributed by atoms with Crippen molar-refractivity contribution in [3.8, 4) is 0 Å². The van der Waals surface area contributed by atoms with E-state index in [1.165, 1.54) is 28.2 Å². The Labute approximate surface area is 136 Å². The summed E-state index contributed by atoms with van der Waals surface area (Å²) in [5.41, 5.74) is 0.994. The van der Waals surface area contributed by atoms with E-state index in [0.29, 0.717) is 10.8 Å². The number of ether oxygens (including phenoxy) is 1. The Kier molecular flexibility index (Phi) is 5.27. The fourth-order valence-electron chi connectivity index (χ4n) is 2.51. The zero-order valence-corrected chi connectivity index (χ0v) is 14.6. The van der Waals surface area contributed by atoms with Crippen molar-refractivity contribution in [1.29, 1.82) is 0 Å². The maximum absolute atomic E-state index is 12.1. The molecule has 0 aliphatic heterocycles. The first-order chi connectivity index (χ1) is 10.3. The largest absolute Gasteiger partial charge is 0.451 e. The first-order valence-corrected chi connectivity index (χ1v) is 8.72. The van der Waals surface area contributed by atoms with Crippen molar-refractivity contribution in [2.45, 2.75) is 58.9 Å². The van der Waals surface area contributed by atoms with Crippen molar-refractivity contribution in [3.05, 3.63) is 21.4 Å². The van der Waals surface area contributed by atoms with Gasteiger partial charge in [-0.2, -0.15) is 0 Å². The number of aryl methyl sites for hydroxylation is 1. The Morgan fingerprint density at radius 2 is 2.18 bits per heavy atom. The highest BCUT2D eigenvalue weighted by Crippen LogP contribution is 2.32. The summed E-state index contributed by atoms with van der Waals surface area (Å²) in [6, 6.07) is 1.94. The summed E-state index contributed by atoms with van der Waals surface area (Å²) >= 11 is 1.51. The number of fused-ring (bicyclic) bond motifs is 1. The van der Waals surface area contributed by atoms with E-state index < -0.39 is 5.97 Å². The second-order valence-electron chi connectivity index (χ2n) is 6.77. The van der Waals surface area contributed by atoms with E-state index in [1.807, 2.05) is 26.8 Å². The number of rotatable bonds is 5. The second-order valence-corrected chi connectivity index (χ2v) is 7.91. The molecule has 122 valence electrons. The third-order valence-electron chi connectivity index (χ3n) is 4.23. The molecule has 0 fully saturated rings. The minimum absolute atomic E-state index is 0.221. The van der Waals surface area contributed by atoms with E-state index in [4.69, 9.17) is 4.74 Å².